The van der Waals surface area contributed by atoms with Crippen molar-refractivity contribution in [3.63, 3.8) is 0 Å². The van der Waals surface area contributed by atoms with E-state index in [0.29, 0.717) is 18.0 Å². The average Bonchev–Trinajstić information content (AvgIpc) is 2.85. The lowest BCUT2D eigenvalue weighted by molar-refractivity contribution is 0.295. The summed E-state index contributed by atoms with van der Waals surface area (Å²) in [6.07, 6.45) is 2.03. The van der Waals surface area contributed by atoms with Gasteiger partial charge in [-0.2, -0.15) is 4.98 Å². The first-order valence-corrected chi connectivity index (χ1v) is 11.5. The van der Waals surface area contributed by atoms with Crippen LogP contribution in [-0.2, 0) is 23.2 Å². The van der Waals surface area contributed by atoms with E-state index in [4.69, 9.17) is 4.74 Å². The van der Waals surface area contributed by atoms with Crippen LogP contribution in [0.2, 0.25) is 0 Å². The van der Waals surface area contributed by atoms with Gasteiger partial charge in [-0.3, -0.25) is 4.72 Å². The van der Waals surface area contributed by atoms with Crippen LogP contribution in [0.15, 0.2) is 18.2 Å². The van der Waals surface area contributed by atoms with Crippen molar-refractivity contribution in [1.82, 2.24) is 14.5 Å². The molecule has 0 atom stereocenters. The maximum Gasteiger partial charge on any atom is 0.243 e. The zero-order valence-corrected chi connectivity index (χ0v) is 18.6. The number of anilines is 1. The Balaban J connectivity index is 2.15. The number of hydrogen-bond acceptors (Lipinski definition) is 5. The predicted molar refractivity (Wildman–Crippen MR) is 116 cm³/mol. The second-order valence-electron chi connectivity index (χ2n) is 7.44. The number of nitrogens with zero attached hydrogens (tertiary/aromatic N) is 3. The fourth-order valence-electron chi connectivity index (χ4n) is 3.51. The van der Waals surface area contributed by atoms with Gasteiger partial charge < -0.3 is 9.30 Å². The first-order valence-electron chi connectivity index (χ1n) is 9.65. The van der Waals surface area contributed by atoms with Crippen molar-refractivity contribution in [2.45, 2.75) is 54.2 Å². The minimum absolute atomic E-state index is 0.0215. The quantitative estimate of drug-likeness (QED) is 0.628. The third-order valence-corrected chi connectivity index (χ3v) is 5.70. The van der Waals surface area contributed by atoms with Crippen molar-refractivity contribution in [2.24, 2.45) is 0 Å². The highest BCUT2D eigenvalue weighted by atomic mass is 32.2. The highest BCUT2D eigenvalue weighted by Gasteiger charge is 2.21. The van der Waals surface area contributed by atoms with Crippen LogP contribution in [0.25, 0.3) is 11.0 Å². The van der Waals surface area contributed by atoms with Crippen LogP contribution in [0.3, 0.4) is 0 Å². The van der Waals surface area contributed by atoms with Crippen LogP contribution in [0.4, 0.5) is 5.95 Å². The van der Waals surface area contributed by atoms with E-state index in [0.717, 1.165) is 52.7 Å². The molecule has 3 rings (SSSR count). The summed E-state index contributed by atoms with van der Waals surface area (Å²) in [5.41, 5.74) is 6.94. The summed E-state index contributed by atoms with van der Waals surface area (Å²) in [6, 6.07) is 6.11. The van der Waals surface area contributed by atoms with Gasteiger partial charge in [-0.15, -0.1) is 0 Å². The van der Waals surface area contributed by atoms with E-state index in [9.17, 15) is 8.42 Å². The van der Waals surface area contributed by atoms with Crippen molar-refractivity contribution in [1.29, 1.82) is 0 Å². The molecule has 0 saturated carbocycles. The van der Waals surface area contributed by atoms with Gasteiger partial charge in [-0.1, -0.05) is 25.1 Å². The maximum atomic E-state index is 11.7. The van der Waals surface area contributed by atoms with Gasteiger partial charge in [0.25, 0.3) is 0 Å². The van der Waals surface area contributed by atoms with Crippen molar-refractivity contribution < 1.29 is 13.2 Å². The molecular formula is C21H28N4O3S. The maximum absolute atomic E-state index is 11.7. The van der Waals surface area contributed by atoms with E-state index < -0.39 is 10.0 Å². The third kappa shape index (κ3) is 4.37. The standard InChI is InChI=1S/C21H28N4O3S/c1-7-11-25-16(5)15(4)18-19(25)20(23-21(22-18)24-29(6,26)27)28-12-17-13(2)9-8-10-14(17)3/h8-10H,7,11-12H2,1-6H3,(H,22,23,24). The van der Waals surface area contributed by atoms with Crippen LogP contribution < -0.4 is 9.46 Å². The van der Waals surface area contributed by atoms with Crippen molar-refractivity contribution in [3.8, 4) is 5.88 Å². The SMILES string of the molecule is CCCn1c(C)c(C)c2nc(NS(C)(=O)=O)nc(OCc3c(C)cccc3C)c21. The second-order valence-corrected chi connectivity index (χ2v) is 9.19. The molecule has 2 aromatic heterocycles. The van der Waals surface area contributed by atoms with Gasteiger partial charge in [-0.05, 0) is 56.4 Å². The number of rotatable bonds is 7. The van der Waals surface area contributed by atoms with Gasteiger partial charge in [0.1, 0.15) is 17.6 Å². The van der Waals surface area contributed by atoms with Gasteiger partial charge in [0.15, 0.2) is 0 Å². The molecule has 0 fully saturated rings. The Morgan fingerprint density at radius 2 is 1.76 bits per heavy atom. The summed E-state index contributed by atoms with van der Waals surface area (Å²) < 4.78 is 34.2. The van der Waals surface area contributed by atoms with E-state index in [-0.39, 0.29) is 5.95 Å². The highest BCUT2D eigenvalue weighted by Crippen LogP contribution is 2.32. The minimum atomic E-state index is -3.51. The second kappa shape index (κ2) is 8.02. The van der Waals surface area contributed by atoms with Gasteiger partial charge in [0, 0.05) is 12.2 Å². The topological polar surface area (TPSA) is 86.1 Å². The molecule has 0 unspecified atom stereocenters. The van der Waals surface area contributed by atoms with Gasteiger partial charge >= 0.3 is 0 Å². The fraction of sp³-hybridized carbons (Fsp3) is 0.429. The predicted octanol–water partition coefficient (Wildman–Crippen LogP) is 4.03. The molecule has 0 spiro atoms. The minimum Gasteiger partial charge on any atom is -0.471 e. The highest BCUT2D eigenvalue weighted by molar-refractivity contribution is 7.91. The van der Waals surface area contributed by atoms with Gasteiger partial charge in [-0.25, -0.2) is 13.4 Å². The Labute approximate surface area is 172 Å². The van der Waals surface area contributed by atoms with E-state index >= 15 is 0 Å². The normalized spacial score (nSPS) is 11.8. The molecule has 1 aromatic carbocycles. The first-order chi connectivity index (χ1) is 13.6. The summed E-state index contributed by atoms with van der Waals surface area (Å²) in [7, 11) is -3.51. The van der Waals surface area contributed by atoms with Crippen LogP contribution in [-0.4, -0.2) is 29.2 Å². The zero-order chi connectivity index (χ0) is 21.3. The van der Waals surface area contributed by atoms with E-state index in [1.54, 1.807) is 0 Å². The van der Waals surface area contributed by atoms with E-state index in [1.807, 2.05) is 45.9 Å². The molecule has 8 heteroatoms. The number of benzene rings is 1. The lowest BCUT2D eigenvalue weighted by Gasteiger charge is -2.14. The lowest BCUT2D eigenvalue weighted by atomic mass is 10.0. The number of nitrogens with one attached hydrogen (secondary N) is 1. The smallest absolute Gasteiger partial charge is 0.243 e. The summed E-state index contributed by atoms with van der Waals surface area (Å²) in [5, 5.41) is 0. The monoisotopic (exact) mass is 416 g/mol. The van der Waals surface area contributed by atoms with Crippen molar-refractivity contribution in [3.05, 3.63) is 46.1 Å². The molecule has 0 aliphatic carbocycles. The molecular weight excluding hydrogens is 388 g/mol. The molecule has 2 heterocycles. The molecule has 0 aliphatic heterocycles. The Kier molecular flexibility index (Phi) is 5.84. The number of aromatic nitrogens is 3. The Morgan fingerprint density at radius 1 is 1.10 bits per heavy atom. The molecule has 0 radical (unpaired) electrons. The number of sulfonamides is 1. The van der Waals surface area contributed by atoms with E-state index in [1.165, 1.54) is 0 Å². The molecule has 1 N–H and O–H groups in total. The summed E-state index contributed by atoms with van der Waals surface area (Å²) in [5.74, 6) is 0.404. The van der Waals surface area contributed by atoms with E-state index in [2.05, 4.69) is 26.2 Å². The van der Waals surface area contributed by atoms with Gasteiger partial charge in [0.2, 0.25) is 21.9 Å². The number of ether oxygens (including phenoxy) is 1. The zero-order valence-electron chi connectivity index (χ0n) is 17.8. The molecule has 29 heavy (non-hydrogen) atoms. The molecule has 0 amide bonds. The largest absolute Gasteiger partial charge is 0.471 e. The molecule has 7 nitrogen and oxygen atoms in total. The molecule has 156 valence electrons. The number of fused-ring (bicyclic) bond motifs is 1. The first kappa shape index (κ1) is 21.1. The van der Waals surface area contributed by atoms with Crippen molar-refractivity contribution in [2.75, 3.05) is 11.0 Å². The Bertz CT molecular complexity index is 1150. The number of hydrogen-bond donors (Lipinski definition) is 1. The lowest BCUT2D eigenvalue weighted by Crippen LogP contribution is -2.13. The fourth-order valence-corrected chi connectivity index (χ4v) is 3.94. The molecule has 0 bridgehead atoms. The summed E-state index contributed by atoms with van der Waals surface area (Å²) in [6.45, 7) is 11.4. The van der Waals surface area contributed by atoms with Crippen LogP contribution >= 0.6 is 0 Å². The molecule has 3 aromatic rings. The number of aryl methyl sites for hydroxylation is 4. The Morgan fingerprint density at radius 3 is 2.34 bits per heavy atom. The van der Waals surface area contributed by atoms with Gasteiger partial charge in [0.05, 0.1) is 6.26 Å². The van der Waals surface area contributed by atoms with Crippen LogP contribution in [0, 0.1) is 27.7 Å². The van der Waals surface area contributed by atoms with Crippen molar-refractivity contribution >= 4 is 27.0 Å². The summed E-state index contributed by atoms with van der Waals surface area (Å²) in [4.78, 5) is 8.89. The molecule has 0 aliphatic rings. The summed E-state index contributed by atoms with van der Waals surface area (Å²) >= 11 is 0. The van der Waals surface area contributed by atoms with Crippen LogP contribution in [0.1, 0.15) is 41.3 Å². The van der Waals surface area contributed by atoms with Crippen LogP contribution in [0.5, 0.6) is 5.88 Å². The molecule has 0 saturated heterocycles. The Hall–Kier alpha value is -2.61. The third-order valence-electron chi connectivity index (χ3n) is 5.15. The average molecular weight is 417 g/mol.